The Labute approximate surface area is 159 Å². The fraction of sp³-hybridized carbons (Fsp3) is 0.429. The molecule has 144 valence electrons. The van der Waals surface area contributed by atoms with E-state index in [1.165, 1.54) is 0 Å². The maximum absolute atomic E-state index is 12.7. The molecule has 6 nitrogen and oxygen atoms in total. The minimum Gasteiger partial charge on any atom is -0.482 e. The van der Waals surface area contributed by atoms with Gasteiger partial charge >= 0.3 is 0 Å². The molecule has 2 heterocycles. The number of nitrogens with zero attached hydrogens (tertiary/aromatic N) is 2. The van der Waals surface area contributed by atoms with Crippen molar-refractivity contribution in [1.82, 2.24) is 4.90 Å². The van der Waals surface area contributed by atoms with Crippen LogP contribution in [0.25, 0.3) is 0 Å². The van der Waals surface area contributed by atoms with Crippen LogP contribution in [0.15, 0.2) is 34.7 Å². The summed E-state index contributed by atoms with van der Waals surface area (Å²) in [6.45, 7) is 7.75. The van der Waals surface area contributed by atoms with Crippen LogP contribution in [0.5, 0.6) is 5.75 Å². The maximum Gasteiger partial charge on any atom is 0.289 e. The smallest absolute Gasteiger partial charge is 0.289 e. The van der Waals surface area contributed by atoms with Gasteiger partial charge in [0.1, 0.15) is 11.5 Å². The minimum atomic E-state index is -0.129. The molecule has 2 amide bonds. The summed E-state index contributed by atoms with van der Waals surface area (Å²) >= 11 is 0. The molecular formula is C21H26N2O4. The first-order chi connectivity index (χ1) is 13.0. The summed E-state index contributed by atoms with van der Waals surface area (Å²) in [7, 11) is 0. The summed E-state index contributed by atoms with van der Waals surface area (Å²) in [5, 5.41) is 0. The maximum atomic E-state index is 12.7. The first kappa shape index (κ1) is 19.0. The van der Waals surface area contributed by atoms with Gasteiger partial charge in [-0.1, -0.05) is 19.9 Å². The molecule has 0 radical (unpaired) electrons. The molecule has 0 aliphatic carbocycles. The Bertz CT molecular complexity index is 821. The van der Waals surface area contributed by atoms with Gasteiger partial charge in [-0.15, -0.1) is 0 Å². The predicted molar refractivity (Wildman–Crippen MR) is 103 cm³/mol. The van der Waals surface area contributed by atoms with Crippen LogP contribution >= 0.6 is 0 Å². The molecule has 2 aromatic rings. The molecule has 27 heavy (non-hydrogen) atoms. The molecule has 0 spiro atoms. The average Bonchev–Trinajstić information content (AvgIpc) is 3.12. The van der Waals surface area contributed by atoms with Crippen LogP contribution in [0.3, 0.4) is 0 Å². The van der Waals surface area contributed by atoms with E-state index in [0.717, 1.165) is 24.1 Å². The van der Waals surface area contributed by atoms with E-state index in [4.69, 9.17) is 9.15 Å². The Balaban J connectivity index is 1.79. The first-order valence-electron chi connectivity index (χ1n) is 9.45. The zero-order valence-electron chi connectivity index (χ0n) is 16.2. The van der Waals surface area contributed by atoms with Gasteiger partial charge in [-0.3, -0.25) is 14.5 Å². The molecule has 1 aromatic carbocycles. The van der Waals surface area contributed by atoms with Gasteiger partial charge in [0.2, 0.25) is 0 Å². The Morgan fingerprint density at radius 1 is 1.15 bits per heavy atom. The zero-order chi connectivity index (χ0) is 19.4. The van der Waals surface area contributed by atoms with E-state index in [9.17, 15) is 9.59 Å². The summed E-state index contributed by atoms with van der Waals surface area (Å²) in [5.41, 5.74) is 1.77. The standard InChI is InChI=1S/C21H26N2O4/c1-4-10-22(11-5-2)21(25)19-9-7-16(27-19)13-23-17-12-15(3)6-8-18(17)26-14-20(23)24/h6-9,12H,4-5,10-11,13-14H2,1-3H3. The van der Waals surface area contributed by atoms with Crippen molar-refractivity contribution in [3.63, 3.8) is 0 Å². The van der Waals surface area contributed by atoms with Crippen molar-refractivity contribution >= 4 is 17.5 Å². The number of carbonyl (C=O) groups excluding carboxylic acids is 2. The zero-order valence-corrected chi connectivity index (χ0v) is 16.2. The van der Waals surface area contributed by atoms with Crippen molar-refractivity contribution in [2.45, 2.75) is 40.2 Å². The number of furan rings is 1. The number of anilines is 1. The van der Waals surface area contributed by atoms with Crippen LogP contribution in [-0.2, 0) is 11.3 Å². The number of carbonyl (C=O) groups is 2. The van der Waals surface area contributed by atoms with E-state index in [1.807, 2.05) is 39.0 Å². The lowest BCUT2D eigenvalue weighted by Gasteiger charge is -2.29. The van der Waals surface area contributed by atoms with E-state index in [-0.39, 0.29) is 25.0 Å². The molecule has 6 heteroatoms. The second kappa shape index (κ2) is 8.29. The van der Waals surface area contributed by atoms with Gasteiger partial charge in [-0.2, -0.15) is 0 Å². The number of amides is 2. The molecule has 0 unspecified atom stereocenters. The van der Waals surface area contributed by atoms with E-state index in [2.05, 4.69) is 0 Å². The Morgan fingerprint density at radius 2 is 1.89 bits per heavy atom. The van der Waals surface area contributed by atoms with Crippen molar-refractivity contribution in [2.75, 3.05) is 24.6 Å². The highest BCUT2D eigenvalue weighted by atomic mass is 16.5. The van der Waals surface area contributed by atoms with Gasteiger partial charge in [-0.05, 0) is 49.6 Å². The monoisotopic (exact) mass is 370 g/mol. The van der Waals surface area contributed by atoms with Gasteiger partial charge in [0.15, 0.2) is 12.4 Å². The summed E-state index contributed by atoms with van der Waals surface area (Å²) in [5.74, 6) is 1.34. The topological polar surface area (TPSA) is 63.0 Å². The summed E-state index contributed by atoms with van der Waals surface area (Å²) in [6, 6.07) is 9.20. The van der Waals surface area contributed by atoms with Crippen LogP contribution in [0.2, 0.25) is 0 Å². The normalized spacial score (nSPS) is 13.3. The van der Waals surface area contributed by atoms with Crippen molar-refractivity contribution in [1.29, 1.82) is 0 Å². The molecule has 0 saturated heterocycles. The van der Waals surface area contributed by atoms with Crippen LogP contribution in [-0.4, -0.2) is 36.4 Å². The molecule has 0 fully saturated rings. The molecule has 3 rings (SSSR count). The van der Waals surface area contributed by atoms with E-state index in [1.54, 1.807) is 21.9 Å². The van der Waals surface area contributed by atoms with Crippen molar-refractivity contribution in [2.24, 2.45) is 0 Å². The highest BCUT2D eigenvalue weighted by molar-refractivity contribution is 5.97. The lowest BCUT2D eigenvalue weighted by Crippen LogP contribution is -2.38. The summed E-state index contributed by atoms with van der Waals surface area (Å²) < 4.78 is 11.3. The highest BCUT2D eigenvalue weighted by Gasteiger charge is 2.27. The average molecular weight is 370 g/mol. The third-order valence-electron chi connectivity index (χ3n) is 4.52. The van der Waals surface area contributed by atoms with Crippen LogP contribution in [0.1, 0.15) is 48.6 Å². The van der Waals surface area contributed by atoms with E-state index < -0.39 is 0 Å². The van der Waals surface area contributed by atoms with Crippen molar-refractivity contribution in [3.8, 4) is 5.75 Å². The number of hydrogen-bond donors (Lipinski definition) is 0. The highest BCUT2D eigenvalue weighted by Crippen LogP contribution is 2.34. The molecule has 1 aromatic heterocycles. The van der Waals surface area contributed by atoms with Gasteiger partial charge in [-0.25, -0.2) is 0 Å². The Hall–Kier alpha value is -2.76. The number of fused-ring (bicyclic) bond motifs is 1. The predicted octanol–water partition coefficient (Wildman–Crippen LogP) is 3.78. The fourth-order valence-electron chi connectivity index (χ4n) is 3.23. The van der Waals surface area contributed by atoms with E-state index in [0.29, 0.717) is 30.4 Å². The third-order valence-corrected chi connectivity index (χ3v) is 4.52. The quantitative estimate of drug-likeness (QED) is 0.744. The second-order valence-corrected chi connectivity index (χ2v) is 6.80. The largest absolute Gasteiger partial charge is 0.482 e. The molecule has 0 saturated carbocycles. The second-order valence-electron chi connectivity index (χ2n) is 6.80. The summed E-state index contributed by atoms with van der Waals surface area (Å²) in [4.78, 5) is 28.5. The lowest BCUT2D eigenvalue weighted by atomic mass is 10.1. The number of rotatable bonds is 7. The van der Waals surface area contributed by atoms with Gasteiger partial charge < -0.3 is 14.1 Å². The molecule has 0 N–H and O–H groups in total. The lowest BCUT2D eigenvalue weighted by molar-refractivity contribution is -0.121. The van der Waals surface area contributed by atoms with Gasteiger partial charge in [0.05, 0.1) is 12.2 Å². The molecular weight excluding hydrogens is 344 g/mol. The molecule has 0 atom stereocenters. The van der Waals surface area contributed by atoms with E-state index >= 15 is 0 Å². The molecule has 1 aliphatic rings. The number of aryl methyl sites for hydroxylation is 1. The number of hydrogen-bond acceptors (Lipinski definition) is 4. The van der Waals surface area contributed by atoms with Gasteiger partial charge in [0.25, 0.3) is 11.8 Å². The van der Waals surface area contributed by atoms with Crippen molar-refractivity contribution < 1.29 is 18.7 Å². The Morgan fingerprint density at radius 3 is 2.59 bits per heavy atom. The SMILES string of the molecule is CCCN(CCC)C(=O)c1ccc(CN2C(=O)COc3ccc(C)cc32)o1. The third kappa shape index (κ3) is 4.15. The van der Waals surface area contributed by atoms with Crippen molar-refractivity contribution in [3.05, 3.63) is 47.4 Å². The first-order valence-corrected chi connectivity index (χ1v) is 9.45. The van der Waals surface area contributed by atoms with Crippen LogP contribution in [0.4, 0.5) is 5.69 Å². The molecule has 1 aliphatic heterocycles. The van der Waals surface area contributed by atoms with Crippen LogP contribution in [0, 0.1) is 6.92 Å². The molecule has 0 bridgehead atoms. The van der Waals surface area contributed by atoms with Gasteiger partial charge in [0, 0.05) is 13.1 Å². The van der Waals surface area contributed by atoms with Crippen LogP contribution < -0.4 is 9.64 Å². The number of ether oxygens (including phenoxy) is 1. The Kier molecular flexibility index (Phi) is 5.84. The minimum absolute atomic E-state index is 0.00331. The fourth-order valence-corrected chi connectivity index (χ4v) is 3.23. The number of benzene rings is 1. The summed E-state index contributed by atoms with van der Waals surface area (Å²) in [6.07, 6.45) is 1.80.